The van der Waals surface area contributed by atoms with E-state index in [1.807, 2.05) is 12.1 Å². The molecule has 1 heterocycles. The van der Waals surface area contributed by atoms with Crippen LogP contribution in [0.2, 0.25) is 0 Å². The molecule has 0 saturated carbocycles. The molecule has 0 unspecified atom stereocenters. The Morgan fingerprint density at radius 1 is 1.20 bits per heavy atom. The minimum Gasteiger partial charge on any atom is -0.508 e. The third kappa shape index (κ3) is 4.80. The maximum atomic E-state index is 11.1. The molecule has 0 spiro atoms. The second kappa shape index (κ2) is 6.59. The van der Waals surface area contributed by atoms with Crippen LogP contribution >= 0.6 is 0 Å². The molecule has 1 aliphatic rings. The van der Waals surface area contributed by atoms with E-state index in [1.165, 1.54) is 11.8 Å². The Morgan fingerprint density at radius 3 is 2.35 bits per heavy atom. The minimum absolute atomic E-state index is 0.283. The number of sulfone groups is 1. The lowest BCUT2D eigenvalue weighted by molar-refractivity contribution is 0.213. The van der Waals surface area contributed by atoms with Gasteiger partial charge in [0.2, 0.25) is 0 Å². The van der Waals surface area contributed by atoms with Crippen LogP contribution in [0.5, 0.6) is 5.75 Å². The molecule has 0 aromatic heterocycles. The maximum Gasteiger partial charge on any atom is 0.147 e. The molecule has 0 radical (unpaired) electrons. The van der Waals surface area contributed by atoms with Gasteiger partial charge < -0.3 is 10.0 Å². The highest BCUT2D eigenvalue weighted by atomic mass is 32.2. The van der Waals surface area contributed by atoms with Gasteiger partial charge in [-0.25, -0.2) is 8.42 Å². The number of phenols is 1. The minimum atomic E-state index is -2.83. The average molecular weight is 297 g/mol. The van der Waals surface area contributed by atoms with E-state index < -0.39 is 9.84 Å². The lowest BCUT2D eigenvalue weighted by atomic mass is 9.89. The summed E-state index contributed by atoms with van der Waals surface area (Å²) in [6.45, 7) is 2.92. The van der Waals surface area contributed by atoms with Crippen LogP contribution in [0.1, 0.15) is 30.7 Å². The summed E-state index contributed by atoms with van der Waals surface area (Å²) in [5.74, 6) is 1.15. The first-order chi connectivity index (χ1) is 9.44. The van der Waals surface area contributed by atoms with Gasteiger partial charge in [-0.2, -0.15) is 0 Å². The highest BCUT2D eigenvalue weighted by molar-refractivity contribution is 7.90. The Labute approximate surface area is 121 Å². The zero-order valence-corrected chi connectivity index (χ0v) is 12.8. The van der Waals surface area contributed by atoms with Crippen LogP contribution in [0, 0.1) is 0 Å². The zero-order chi connectivity index (χ0) is 14.6. The molecule has 2 rings (SSSR count). The van der Waals surface area contributed by atoms with E-state index in [1.54, 1.807) is 12.1 Å². The summed E-state index contributed by atoms with van der Waals surface area (Å²) in [5, 5.41) is 9.30. The van der Waals surface area contributed by atoms with E-state index in [2.05, 4.69) is 4.90 Å². The molecule has 0 amide bonds. The highest BCUT2D eigenvalue weighted by Crippen LogP contribution is 2.28. The smallest absolute Gasteiger partial charge is 0.147 e. The topological polar surface area (TPSA) is 57.6 Å². The molecule has 1 fully saturated rings. The van der Waals surface area contributed by atoms with E-state index in [-0.39, 0.29) is 5.75 Å². The fourth-order valence-electron chi connectivity index (χ4n) is 2.79. The number of phenolic OH excluding ortho intramolecular Hbond substituents is 1. The summed E-state index contributed by atoms with van der Waals surface area (Å²) in [5.41, 5.74) is 1.29. The zero-order valence-electron chi connectivity index (χ0n) is 12.0. The molecule has 5 heteroatoms. The lowest BCUT2D eigenvalue weighted by Gasteiger charge is -2.32. The van der Waals surface area contributed by atoms with Gasteiger partial charge in [-0.1, -0.05) is 12.1 Å². The van der Waals surface area contributed by atoms with E-state index in [9.17, 15) is 13.5 Å². The first-order valence-corrected chi connectivity index (χ1v) is 9.19. The van der Waals surface area contributed by atoms with Gasteiger partial charge >= 0.3 is 0 Å². The molecule has 112 valence electrons. The first kappa shape index (κ1) is 15.3. The fourth-order valence-corrected chi connectivity index (χ4v) is 3.44. The van der Waals surface area contributed by atoms with Crippen LogP contribution in [-0.2, 0) is 9.84 Å². The number of nitrogens with zero attached hydrogens (tertiary/aromatic N) is 1. The monoisotopic (exact) mass is 297 g/mol. The largest absolute Gasteiger partial charge is 0.508 e. The molecule has 1 aromatic carbocycles. The predicted molar refractivity (Wildman–Crippen MR) is 80.8 cm³/mol. The van der Waals surface area contributed by atoms with E-state index in [0.29, 0.717) is 11.7 Å². The SMILES string of the molecule is CS(=O)(=O)CCCN1CCC(c2ccc(O)cc2)CC1. The third-order valence-corrected chi connectivity index (χ3v) is 4.97. The number of likely N-dealkylation sites (tertiary alicyclic amines) is 1. The second-order valence-electron chi connectivity index (χ2n) is 5.69. The van der Waals surface area contributed by atoms with E-state index >= 15 is 0 Å². The number of hydrogen-bond acceptors (Lipinski definition) is 4. The quantitative estimate of drug-likeness (QED) is 0.903. The summed E-state index contributed by atoms with van der Waals surface area (Å²) in [4.78, 5) is 2.35. The van der Waals surface area contributed by atoms with Crippen molar-refractivity contribution in [2.45, 2.75) is 25.2 Å². The molecule has 1 saturated heterocycles. The predicted octanol–water partition coefficient (Wildman–Crippen LogP) is 2.01. The first-order valence-electron chi connectivity index (χ1n) is 7.13. The van der Waals surface area contributed by atoms with Crippen LogP contribution in [0.25, 0.3) is 0 Å². The van der Waals surface area contributed by atoms with Crippen molar-refractivity contribution in [3.63, 3.8) is 0 Å². The summed E-state index contributed by atoms with van der Waals surface area (Å²) in [7, 11) is -2.83. The number of hydrogen-bond donors (Lipinski definition) is 1. The van der Waals surface area contributed by atoms with Gasteiger partial charge in [0, 0.05) is 6.26 Å². The van der Waals surface area contributed by atoms with E-state index in [0.717, 1.165) is 38.9 Å². The van der Waals surface area contributed by atoms with Crippen LogP contribution in [0.4, 0.5) is 0 Å². The Morgan fingerprint density at radius 2 is 1.80 bits per heavy atom. The normalized spacial score (nSPS) is 18.2. The number of rotatable bonds is 5. The number of benzene rings is 1. The summed E-state index contributed by atoms with van der Waals surface area (Å²) < 4.78 is 22.2. The average Bonchev–Trinajstić information content (AvgIpc) is 2.39. The van der Waals surface area contributed by atoms with Crippen LogP contribution in [0.3, 0.4) is 0 Å². The van der Waals surface area contributed by atoms with Crippen molar-refractivity contribution < 1.29 is 13.5 Å². The van der Waals surface area contributed by atoms with E-state index in [4.69, 9.17) is 0 Å². The number of piperidine rings is 1. The van der Waals surface area contributed by atoms with Crippen LogP contribution in [0.15, 0.2) is 24.3 Å². The van der Waals surface area contributed by atoms with Crippen molar-refractivity contribution >= 4 is 9.84 Å². The Balaban J connectivity index is 1.76. The van der Waals surface area contributed by atoms with Crippen molar-refractivity contribution in [1.29, 1.82) is 0 Å². The van der Waals surface area contributed by atoms with Crippen LogP contribution < -0.4 is 0 Å². The van der Waals surface area contributed by atoms with Gasteiger partial charge in [-0.15, -0.1) is 0 Å². The molecule has 4 nitrogen and oxygen atoms in total. The lowest BCUT2D eigenvalue weighted by Crippen LogP contribution is -2.34. The number of aromatic hydroxyl groups is 1. The molecule has 0 atom stereocenters. The molecule has 0 aliphatic carbocycles. The molecule has 1 aromatic rings. The standard InChI is InChI=1S/C15H23NO3S/c1-20(18,19)12-2-9-16-10-7-14(8-11-16)13-3-5-15(17)6-4-13/h3-6,14,17H,2,7-12H2,1H3. The highest BCUT2D eigenvalue weighted by Gasteiger charge is 2.20. The maximum absolute atomic E-state index is 11.1. The summed E-state index contributed by atoms with van der Waals surface area (Å²) >= 11 is 0. The second-order valence-corrected chi connectivity index (χ2v) is 7.95. The van der Waals surface area contributed by atoms with Gasteiger partial charge in [0.05, 0.1) is 5.75 Å². The Kier molecular flexibility index (Phi) is 5.05. The fraction of sp³-hybridized carbons (Fsp3) is 0.600. The van der Waals surface area contributed by atoms with Crippen molar-refractivity contribution in [2.24, 2.45) is 0 Å². The molecular formula is C15H23NO3S. The molecule has 0 bridgehead atoms. The van der Waals surface area contributed by atoms with Gasteiger partial charge in [-0.3, -0.25) is 0 Å². The van der Waals surface area contributed by atoms with Crippen molar-refractivity contribution in [3.8, 4) is 5.75 Å². The van der Waals surface area contributed by atoms with Crippen LogP contribution in [-0.4, -0.2) is 50.1 Å². The van der Waals surface area contributed by atoms with Crippen molar-refractivity contribution in [3.05, 3.63) is 29.8 Å². The summed E-state index contributed by atoms with van der Waals surface area (Å²) in [6, 6.07) is 7.49. The molecular weight excluding hydrogens is 274 g/mol. The van der Waals surface area contributed by atoms with Gasteiger partial charge in [0.25, 0.3) is 0 Å². The van der Waals surface area contributed by atoms with Gasteiger partial charge in [-0.05, 0) is 62.5 Å². The van der Waals surface area contributed by atoms with Gasteiger partial charge in [0.15, 0.2) is 0 Å². The van der Waals surface area contributed by atoms with Gasteiger partial charge in [0.1, 0.15) is 15.6 Å². The Bertz CT molecular complexity index is 517. The summed E-state index contributed by atoms with van der Waals surface area (Å²) in [6.07, 6.45) is 4.22. The molecule has 1 aliphatic heterocycles. The molecule has 20 heavy (non-hydrogen) atoms. The van der Waals surface area contributed by atoms with Crippen molar-refractivity contribution in [2.75, 3.05) is 31.6 Å². The van der Waals surface area contributed by atoms with Crippen molar-refractivity contribution in [1.82, 2.24) is 4.90 Å². The molecule has 1 N–H and O–H groups in total. The third-order valence-electron chi connectivity index (χ3n) is 3.94. The Hall–Kier alpha value is -1.07.